The Bertz CT molecular complexity index is 714. The number of halogens is 2. The Morgan fingerprint density at radius 3 is 2.43 bits per heavy atom. The van der Waals surface area contributed by atoms with Gasteiger partial charge in [-0.3, -0.25) is 0 Å². The van der Waals surface area contributed by atoms with Crippen LogP contribution in [0.5, 0.6) is 11.5 Å². The average Bonchev–Trinajstić information content (AvgIpc) is 2.48. The number of benzene rings is 2. The second-order valence-electron chi connectivity index (χ2n) is 4.12. The van der Waals surface area contributed by atoms with Gasteiger partial charge in [0.25, 0.3) is 0 Å². The molecule has 0 atom stereocenters. The van der Waals surface area contributed by atoms with E-state index in [1.165, 1.54) is 26.4 Å². The van der Waals surface area contributed by atoms with Crippen LogP contribution in [0, 0.1) is 17.1 Å². The highest BCUT2D eigenvalue weighted by atomic mass is 35.5. The zero-order chi connectivity index (χ0) is 15.4. The topological polar surface area (TPSA) is 54.3 Å². The van der Waals surface area contributed by atoms with Gasteiger partial charge in [0.15, 0.2) is 0 Å². The molecule has 2 aromatic rings. The van der Waals surface area contributed by atoms with Crippen molar-refractivity contribution in [2.45, 2.75) is 0 Å². The predicted molar refractivity (Wildman–Crippen MR) is 79.0 cm³/mol. The summed E-state index contributed by atoms with van der Waals surface area (Å²) >= 11 is 6.02. The molecule has 6 heteroatoms. The quantitative estimate of drug-likeness (QED) is 0.923. The highest BCUT2D eigenvalue weighted by molar-refractivity contribution is 6.32. The van der Waals surface area contributed by atoms with E-state index >= 15 is 0 Å². The third-order valence-corrected chi connectivity index (χ3v) is 3.14. The Morgan fingerprint density at radius 1 is 1.14 bits per heavy atom. The highest BCUT2D eigenvalue weighted by Gasteiger charge is 2.11. The lowest BCUT2D eigenvalue weighted by Gasteiger charge is -2.14. The minimum atomic E-state index is -0.595. The van der Waals surface area contributed by atoms with Crippen LogP contribution in [0.4, 0.5) is 15.8 Å². The zero-order valence-corrected chi connectivity index (χ0v) is 12.2. The molecule has 0 spiro atoms. The normalized spacial score (nSPS) is 9.86. The molecular formula is C15H12ClFN2O2. The van der Waals surface area contributed by atoms with Crippen molar-refractivity contribution in [3.8, 4) is 17.6 Å². The van der Waals surface area contributed by atoms with Crippen molar-refractivity contribution in [1.82, 2.24) is 0 Å². The standard InChI is InChI=1S/C15H12ClFN2O2/c1-20-14-7-13(15(21-2)6-11(14)16)19-10-4-3-9(8-18)12(17)5-10/h3-7,19H,1-2H3. The summed E-state index contributed by atoms with van der Waals surface area (Å²) in [5.74, 6) is 0.363. The van der Waals surface area contributed by atoms with Crippen molar-refractivity contribution in [1.29, 1.82) is 5.26 Å². The van der Waals surface area contributed by atoms with Crippen LogP contribution in [0.25, 0.3) is 0 Å². The summed E-state index contributed by atoms with van der Waals surface area (Å²) in [6.45, 7) is 0. The van der Waals surface area contributed by atoms with E-state index in [9.17, 15) is 4.39 Å². The fraction of sp³-hybridized carbons (Fsp3) is 0.133. The molecule has 1 N–H and O–H groups in total. The molecule has 4 nitrogen and oxygen atoms in total. The smallest absolute Gasteiger partial charge is 0.144 e. The minimum absolute atomic E-state index is 0.0128. The maximum atomic E-state index is 13.6. The molecule has 2 aromatic carbocycles. The molecule has 0 aliphatic carbocycles. The molecule has 0 saturated heterocycles. The van der Waals surface area contributed by atoms with Gasteiger partial charge >= 0.3 is 0 Å². The summed E-state index contributed by atoms with van der Waals surface area (Å²) in [6, 6.07) is 9.25. The van der Waals surface area contributed by atoms with Crippen LogP contribution in [0.2, 0.25) is 5.02 Å². The fourth-order valence-electron chi connectivity index (χ4n) is 1.80. The second-order valence-corrected chi connectivity index (χ2v) is 4.53. The first kappa shape index (κ1) is 14.9. The van der Waals surface area contributed by atoms with E-state index in [2.05, 4.69) is 5.32 Å². The summed E-state index contributed by atoms with van der Waals surface area (Å²) in [5, 5.41) is 12.1. The van der Waals surface area contributed by atoms with E-state index in [-0.39, 0.29) is 5.56 Å². The van der Waals surface area contributed by atoms with Gasteiger partial charge in [-0.15, -0.1) is 0 Å². The minimum Gasteiger partial charge on any atom is -0.495 e. The summed E-state index contributed by atoms with van der Waals surface area (Å²) in [4.78, 5) is 0. The van der Waals surface area contributed by atoms with Crippen molar-refractivity contribution in [2.75, 3.05) is 19.5 Å². The summed E-state index contributed by atoms with van der Waals surface area (Å²) in [7, 11) is 3.00. The van der Waals surface area contributed by atoms with Gasteiger partial charge in [-0.2, -0.15) is 5.26 Å². The Morgan fingerprint density at radius 2 is 1.86 bits per heavy atom. The molecule has 108 valence electrons. The second kappa shape index (κ2) is 6.33. The van der Waals surface area contributed by atoms with Crippen molar-refractivity contribution in [3.63, 3.8) is 0 Å². The van der Waals surface area contributed by atoms with Gasteiger partial charge in [-0.1, -0.05) is 11.6 Å². The number of hydrogen-bond acceptors (Lipinski definition) is 4. The monoisotopic (exact) mass is 306 g/mol. The van der Waals surface area contributed by atoms with Crippen LogP contribution in [-0.4, -0.2) is 14.2 Å². The average molecular weight is 307 g/mol. The van der Waals surface area contributed by atoms with Crippen LogP contribution in [0.1, 0.15) is 5.56 Å². The summed E-state index contributed by atoms with van der Waals surface area (Å²) < 4.78 is 24.0. The largest absolute Gasteiger partial charge is 0.495 e. The maximum Gasteiger partial charge on any atom is 0.144 e. The Kier molecular flexibility index (Phi) is 4.51. The van der Waals surface area contributed by atoms with E-state index in [0.29, 0.717) is 27.9 Å². The number of nitrogens with one attached hydrogen (secondary N) is 1. The molecule has 2 rings (SSSR count). The molecule has 0 fully saturated rings. The molecule has 0 aliphatic rings. The number of anilines is 2. The maximum absolute atomic E-state index is 13.6. The number of hydrogen-bond donors (Lipinski definition) is 1. The van der Waals surface area contributed by atoms with Crippen LogP contribution in [0.3, 0.4) is 0 Å². The first-order valence-electron chi connectivity index (χ1n) is 5.97. The number of nitriles is 1. The Balaban J connectivity index is 2.39. The number of rotatable bonds is 4. The molecule has 0 bridgehead atoms. The molecule has 0 aliphatic heterocycles. The van der Waals surface area contributed by atoms with E-state index < -0.39 is 5.82 Å². The highest BCUT2D eigenvalue weighted by Crippen LogP contribution is 2.37. The van der Waals surface area contributed by atoms with E-state index in [1.54, 1.807) is 24.3 Å². The van der Waals surface area contributed by atoms with E-state index in [0.717, 1.165) is 0 Å². The van der Waals surface area contributed by atoms with Gasteiger partial charge in [-0.05, 0) is 18.2 Å². The van der Waals surface area contributed by atoms with Crippen molar-refractivity contribution >= 4 is 23.0 Å². The molecule has 0 aromatic heterocycles. The lowest BCUT2D eigenvalue weighted by Crippen LogP contribution is -1.97. The first-order chi connectivity index (χ1) is 10.1. The Labute approximate surface area is 126 Å². The lowest BCUT2D eigenvalue weighted by molar-refractivity contribution is 0.405. The fourth-order valence-corrected chi connectivity index (χ4v) is 2.03. The van der Waals surface area contributed by atoms with Gasteiger partial charge in [0.05, 0.1) is 30.5 Å². The lowest BCUT2D eigenvalue weighted by atomic mass is 10.2. The number of methoxy groups -OCH3 is 2. The SMILES string of the molecule is COc1cc(Nc2ccc(C#N)c(F)c2)c(OC)cc1Cl. The van der Waals surface area contributed by atoms with Crippen molar-refractivity contribution < 1.29 is 13.9 Å². The van der Waals surface area contributed by atoms with Crippen LogP contribution in [-0.2, 0) is 0 Å². The molecular weight excluding hydrogens is 295 g/mol. The van der Waals surface area contributed by atoms with Crippen LogP contribution in [0.15, 0.2) is 30.3 Å². The van der Waals surface area contributed by atoms with Gasteiger partial charge in [0, 0.05) is 17.8 Å². The summed E-state index contributed by atoms with van der Waals surface area (Å²) in [6.07, 6.45) is 0. The predicted octanol–water partition coefficient (Wildman–Crippen LogP) is 4.11. The van der Waals surface area contributed by atoms with Gasteiger partial charge < -0.3 is 14.8 Å². The van der Waals surface area contributed by atoms with Gasteiger partial charge in [0.1, 0.15) is 23.4 Å². The third-order valence-electron chi connectivity index (χ3n) is 2.84. The molecule has 21 heavy (non-hydrogen) atoms. The van der Waals surface area contributed by atoms with E-state index in [4.69, 9.17) is 26.3 Å². The molecule has 0 amide bonds. The van der Waals surface area contributed by atoms with E-state index in [1.807, 2.05) is 0 Å². The third kappa shape index (κ3) is 3.18. The van der Waals surface area contributed by atoms with Crippen LogP contribution < -0.4 is 14.8 Å². The molecule has 0 unspecified atom stereocenters. The van der Waals surface area contributed by atoms with Crippen molar-refractivity contribution in [2.24, 2.45) is 0 Å². The molecule has 0 heterocycles. The zero-order valence-electron chi connectivity index (χ0n) is 11.4. The molecule has 0 saturated carbocycles. The number of nitrogens with zero attached hydrogens (tertiary/aromatic N) is 1. The number of ether oxygens (including phenoxy) is 2. The van der Waals surface area contributed by atoms with Gasteiger partial charge in [-0.25, -0.2) is 4.39 Å². The van der Waals surface area contributed by atoms with Gasteiger partial charge in [0.2, 0.25) is 0 Å². The molecule has 0 radical (unpaired) electrons. The summed E-state index contributed by atoms with van der Waals surface area (Å²) in [5.41, 5.74) is 1.04. The Hall–Kier alpha value is -2.45. The van der Waals surface area contributed by atoms with Crippen molar-refractivity contribution in [3.05, 3.63) is 46.7 Å². The van der Waals surface area contributed by atoms with Crippen LogP contribution >= 0.6 is 11.6 Å². The first-order valence-corrected chi connectivity index (χ1v) is 6.35.